The van der Waals surface area contributed by atoms with Crippen LogP contribution in [0.5, 0.6) is 11.5 Å². The van der Waals surface area contributed by atoms with Crippen molar-refractivity contribution in [3.8, 4) is 11.5 Å². The smallest absolute Gasteiger partial charge is 0.349 e. The maximum atomic E-state index is 13.2. The second-order valence-corrected chi connectivity index (χ2v) is 6.81. The lowest BCUT2D eigenvalue weighted by molar-refractivity contribution is 0.103. The molecule has 0 amide bonds. The van der Waals surface area contributed by atoms with E-state index in [1.807, 2.05) is 6.92 Å². The molecule has 0 aliphatic rings. The summed E-state index contributed by atoms with van der Waals surface area (Å²) in [5.74, 6) is -0.0927. The Morgan fingerprint density at radius 3 is 2.39 bits per heavy atom. The normalized spacial score (nSPS) is 11.1. The van der Waals surface area contributed by atoms with Crippen LogP contribution in [0.3, 0.4) is 0 Å². The van der Waals surface area contributed by atoms with Crippen molar-refractivity contribution in [1.82, 2.24) is 0 Å². The highest BCUT2D eigenvalue weighted by Crippen LogP contribution is 2.40. The van der Waals surface area contributed by atoms with Crippen molar-refractivity contribution in [2.75, 3.05) is 20.0 Å². The van der Waals surface area contributed by atoms with E-state index in [1.54, 1.807) is 24.3 Å². The van der Waals surface area contributed by atoms with Gasteiger partial charge in [0.2, 0.25) is 5.78 Å². The summed E-state index contributed by atoms with van der Waals surface area (Å²) in [6, 6.07) is 9.62. The third-order valence-electron chi connectivity index (χ3n) is 5.14. The van der Waals surface area contributed by atoms with Crippen molar-refractivity contribution in [2.24, 2.45) is 0 Å². The van der Waals surface area contributed by atoms with E-state index in [0.717, 1.165) is 0 Å². The quantitative estimate of drug-likeness (QED) is 0.385. The van der Waals surface area contributed by atoms with Crippen molar-refractivity contribution < 1.29 is 23.1 Å². The van der Waals surface area contributed by atoms with E-state index in [-0.39, 0.29) is 22.2 Å². The van der Waals surface area contributed by atoms with E-state index in [4.69, 9.17) is 24.0 Å². The van der Waals surface area contributed by atoms with Crippen LogP contribution in [0.25, 0.3) is 21.9 Å². The van der Waals surface area contributed by atoms with E-state index >= 15 is 0 Å². The van der Waals surface area contributed by atoms with Gasteiger partial charge in [-0.2, -0.15) is 0 Å². The van der Waals surface area contributed by atoms with Gasteiger partial charge < -0.3 is 24.0 Å². The Morgan fingerprint density at radius 2 is 1.71 bits per heavy atom. The number of methoxy groups -OCH3 is 2. The Morgan fingerprint density at radius 1 is 1.00 bits per heavy atom. The highest BCUT2D eigenvalue weighted by Gasteiger charge is 2.27. The van der Waals surface area contributed by atoms with Gasteiger partial charge in [0.05, 0.1) is 25.3 Å². The molecule has 2 aromatic heterocycles. The van der Waals surface area contributed by atoms with Gasteiger partial charge in [-0.1, -0.05) is 25.1 Å². The zero-order valence-corrected chi connectivity index (χ0v) is 17.1. The van der Waals surface area contributed by atoms with Crippen molar-refractivity contribution in [3.05, 3.63) is 73.9 Å². The summed E-state index contributed by atoms with van der Waals surface area (Å²) in [5, 5.41) is 0.790. The summed E-state index contributed by atoms with van der Waals surface area (Å²) < 4.78 is 21.5. The predicted molar refractivity (Wildman–Crippen MR) is 115 cm³/mol. The van der Waals surface area contributed by atoms with Crippen molar-refractivity contribution in [1.29, 1.82) is 0 Å². The number of hydrogen-bond acceptors (Lipinski definition) is 8. The summed E-state index contributed by atoms with van der Waals surface area (Å²) in [6.45, 7) is 1.90. The first-order valence-corrected chi connectivity index (χ1v) is 9.49. The molecule has 8 nitrogen and oxygen atoms in total. The number of nitrogens with two attached hydrogens (primary N) is 1. The molecular weight excluding hydrogens is 402 g/mol. The van der Waals surface area contributed by atoms with Crippen LogP contribution in [0.4, 0.5) is 5.69 Å². The zero-order valence-electron chi connectivity index (χ0n) is 17.1. The van der Waals surface area contributed by atoms with Crippen LogP contribution in [0, 0.1) is 0 Å². The van der Waals surface area contributed by atoms with Crippen LogP contribution in [0.1, 0.15) is 28.4 Å². The fraction of sp³-hybridized carbons (Fsp3) is 0.174. The third-order valence-corrected chi connectivity index (χ3v) is 5.14. The molecule has 8 heteroatoms. The molecule has 0 unspecified atom stereocenters. The maximum Gasteiger partial charge on any atom is 0.349 e. The van der Waals surface area contributed by atoms with Gasteiger partial charge in [-0.3, -0.25) is 4.79 Å². The summed E-state index contributed by atoms with van der Waals surface area (Å²) in [4.78, 5) is 38.4. The number of hydrogen-bond donors (Lipinski definition) is 1. The van der Waals surface area contributed by atoms with E-state index in [2.05, 4.69) is 0 Å². The maximum absolute atomic E-state index is 13.2. The molecule has 2 aromatic carbocycles. The minimum absolute atomic E-state index is 0.107. The number of rotatable bonds is 5. The van der Waals surface area contributed by atoms with Crippen LogP contribution in [0.2, 0.25) is 0 Å². The summed E-state index contributed by atoms with van der Waals surface area (Å²) >= 11 is 0. The minimum Gasteiger partial charge on any atom is -0.496 e. The lowest BCUT2D eigenvalue weighted by Gasteiger charge is -2.16. The molecule has 0 fully saturated rings. The minimum atomic E-state index is -0.976. The molecule has 0 aliphatic carbocycles. The molecule has 0 spiro atoms. The number of nitrogen functional groups attached to an aromatic ring is 1. The molecule has 0 radical (unpaired) electrons. The number of benzene rings is 2. The van der Waals surface area contributed by atoms with Crippen LogP contribution in [-0.2, 0) is 6.42 Å². The Hall–Kier alpha value is -4.07. The Balaban J connectivity index is 2.03. The van der Waals surface area contributed by atoms with Crippen LogP contribution in [-0.4, -0.2) is 20.0 Å². The molecule has 0 aliphatic heterocycles. The largest absolute Gasteiger partial charge is 0.496 e. The van der Waals surface area contributed by atoms with Gasteiger partial charge in [-0.25, -0.2) is 9.59 Å². The molecule has 2 N–H and O–H groups in total. The standard InChI is InChI=1S/C23H19NO7/c1-4-12-15(28-2)10-16-17(21(12)29-3)19(24)18(23(27)31-16)20(25)13-9-11-7-5-6-8-14(11)30-22(13)26/h5-10H,4,24H2,1-3H3. The third kappa shape index (κ3) is 3.13. The highest BCUT2D eigenvalue weighted by molar-refractivity contribution is 6.16. The molecule has 0 bridgehead atoms. The highest BCUT2D eigenvalue weighted by atomic mass is 16.5. The monoisotopic (exact) mass is 421 g/mol. The number of fused-ring (bicyclic) bond motifs is 2. The van der Waals surface area contributed by atoms with Crippen molar-refractivity contribution >= 4 is 33.4 Å². The molecule has 0 saturated heterocycles. The topological polar surface area (TPSA) is 122 Å². The first kappa shape index (κ1) is 20.2. The predicted octanol–water partition coefficient (Wildman–Crippen LogP) is 3.29. The summed E-state index contributed by atoms with van der Waals surface area (Å²) in [6.07, 6.45) is 0.540. The summed E-state index contributed by atoms with van der Waals surface area (Å²) in [5.41, 5.74) is 4.63. The van der Waals surface area contributed by atoms with Gasteiger partial charge in [0, 0.05) is 17.0 Å². The van der Waals surface area contributed by atoms with E-state index in [9.17, 15) is 14.4 Å². The molecule has 0 saturated carbocycles. The Kier molecular flexibility index (Phi) is 4.98. The molecule has 0 atom stereocenters. The number of para-hydroxylation sites is 1. The zero-order chi connectivity index (χ0) is 22.3. The number of ketones is 1. The van der Waals surface area contributed by atoms with E-state index < -0.39 is 22.6 Å². The van der Waals surface area contributed by atoms with Crippen LogP contribution < -0.4 is 26.5 Å². The first-order chi connectivity index (χ1) is 14.9. The van der Waals surface area contributed by atoms with Crippen molar-refractivity contribution in [2.45, 2.75) is 13.3 Å². The van der Waals surface area contributed by atoms with Gasteiger partial charge in [0.15, 0.2) is 0 Å². The van der Waals surface area contributed by atoms with Gasteiger partial charge in [-0.05, 0) is 18.6 Å². The second-order valence-electron chi connectivity index (χ2n) is 6.81. The molecular formula is C23H19NO7. The Labute approximate surface area is 175 Å². The summed E-state index contributed by atoms with van der Waals surface area (Å²) in [7, 11) is 2.93. The number of carbonyl (C=O) groups is 1. The van der Waals surface area contributed by atoms with Crippen LogP contribution >= 0.6 is 0 Å². The lowest BCUT2D eigenvalue weighted by atomic mass is 9.99. The number of carbonyl (C=O) groups excluding carboxylic acids is 1. The van der Waals surface area contributed by atoms with E-state index in [1.165, 1.54) is 26.4 Å². The lowest BCUT2D eigenvalue weighted by Crippen LogP contribution is -2.23. The molecule has 2 heterocycles. The van der Waals surface area contributed by atoms with Crippen LogP contribution in [0.15, 0.2) is 54.8 Å². The fourth-order valence-electron chi connectivity index (χ4n) is 3.69. The van der Waals surface area contributed by atoms with Gasteiger partial charge >= 0.3 is 11.3 Å². The average Bonchev–Trinajstić information content (AvgIpc) is 2.76. The number of ether oxygens (including phenoxy) is 2. The molecule has 158 valence electrons. The SMILES string of the molecule is CCc1c(OC)cc2oc(=O)c(C(=O)c3cc4ccccc4oc3=O)c(N)c2c1OC. The van der Waals surface area contributed by atoms with Gasteiger partial charge in [0.25, 0.3) is 0 Å². The first-order valence-electron chi connectivity index (χ1n) is 9.49. The second kappa shape index (κ2) is 7.64. The molecule has 4 aromatic rings. The molecule has 31 heavy (non-hydrogen) atoms. The number of anilines is 1. The van der Waals surface area contributed by atoms with Gasteiger partial charge in [-0.15, -0.1) is 0 Å². The van der Waals surface area contributed by atoms with Gasteiger partial charge in [0.1, 0.15) is 33.8 Å². The average molecular weight is 421 g/mol. The van der Waals surface area contributed by atoms with E-state index in [0.29, 0.717) is 34.5 Å². The fourth-order valence-corrected chi connectivity index (χ4v) is 3.69. The van der Waals surface area contributed by atoms with Crippen molar-refractivity contribution in [3.63, 3.8) is 0 Å². The Bertz CT molecular complexity index is 1460. The molecule has 4 rings (SSSR count).